The summed E-state index contributed by atoms with van der Waals surface area (Å²) in [6.07, 6.45) is 0. The van der Waals surface area contributed by atoms with Gasteiger partial charge in [-0.25, -0.2) is 0 Å². The molecule has 5 heteroatoms. The highest BCUT2D eigenvalue weighted by Crippen LogP contribution is 2.36. The second-order valence-electron chi connectivity index (χ2n) is 5.38. The van der Waals surface area contributed by atoms with Crippen LogP contribution in [0.4, 0.5) is 0 Å². The van der Waals surface area contributed by atoms with E-state index in [4.69, 9.17) is 25.8 Å². The van der Waals surface area contributed by atoms with Crippen molar-refractivity contribution in [1.29, 1.82) is 0 Å². The highest BCUT2D eigenvalue weighted by molar-refractivity contribution is 6.32. The standard InChI is InChI=1S/C19H24ClNO3/c1-4-22-18-12-15(13-21-3)11-17(20)19(18)24-9-8-23-16-7-5-6-14(2)10-16/h5-7,10-12,21H,4,8-9,13H2,1-3H3. The van der Waals surface area contributed by atoms with E-state index in [2.05, 4.69) is 5.32 Å². The van der Waals surface area contributed by atoms with E-state index in [9.17, 15) is 0 Å². The summed E-state index contributed by atoms with van der Waals surface area (Å²) in [5.74, 6) is 2.05. The number of hydrogen-bond acceptors (Lipinski definition) is 4. The average molecular weight is 350 g/mol. The second-order valence-corrected chi connectivity index (χ2v) is 5.79. The van der Waals surface area contributed by atoms with Crippen LogP contribution in [-0.4, -0.2) is 26.9 Å². The van der Waals surface area contributed by atoms with Crippen molar-refractivity contribution in [2.75, 3.05) is 26.9 Å². The molecular weight excluding hydrogens is 326 g/mol. The minimum absolute atomic E-state index is 0.388. The molecule has 4 nitrogen and oxygen atoms in total. The Morgan fingerprint density at radius 2 is 1.83 bits per heavy atom. The molecule has 0 radical (unpaired) electrons. The Balaban J connectivity index is 1.97. The third kappa shape index (κ3) is 5.32. The topological polar surface area (TPSA) is 39.7 Å². The van der Waals surface area contributed by atoms with Crippen LogP contribution in [-0.2, 0) is 6.54 Å². The molecule has 24 heavy (non-hydrogen) atoms. The maximum Gasteiger partial charge on any atom is 0.179 e. The van der Waals surface area contributed by atoms with E-state index in [1.54, 1.807) is 0 Å². The molecule has 0 spiro atoms. The third-order valence-electron chi connectivity index (χ3n) is 3.34. The van der Waals surface area contributed by atoms with Crippen LogP contribution in [0.1, 0.15) is 18.1 Å². The summed E-state index contributed by atoms with van der Waals surface area (Å²) in [5, 5.41) is 3.64. The lowest BCUT2D eigenvalue weighted by molar-refractivity contribution is 0.208. The summed E-state index contributed by atoms with van der Waals surface area (Å²) in [6, 6.07) is 11.8. The molecule has 2 rings (SSSR count). The van der Waals surface area contributed by atoms with E-state index in [1.807, 2.05) is 57.3 Å². The van der Waals surface area contributed by atoms with Gasteiger partial charge in [0.25, 0.3) is 0 Å². The summed E-state index contributed by atoms with van der Waals surface area (Å²) in [5.41, 5.74) is 2.21. The molecule has 0 aliphatic carbocycles. The Morgan fingerprint density at radius 1 is 1.04 bits per heavy atom. The summed E-state index contributed by atoms with van der Waals surface area (Å²) in [7, 11) is 1.89. The Labute approximate surface area is 148 Å². The van der Waals surface area contributed by atoms with E-state index in [1.165, 1.54) is 0 Å². The molecule has 0 aliphatic rings. The molecule has 0 atom stereocenters. The van der Waals surface area contributed by atoms with E-state index in [0.717, 1.165) is 23.4 Å². The molecule has 0 fully saturated rings. The molecule has 0 aromatic heterocycles. The minimum atomic E-state index is 0.388. The highest BCUT2D eigenvalue weighted by atomic mass is 35.5. The first-order chi connectivity index (χ1) is 11.6. The average Bonchev–Trinajstić information content (AvgIpc) is 2.54. The van der Waals surface area contributed by atoms with Crippen molar-refractivity contribution >= 4 is 11.6 Å². The first-order valence-corrected chi connectivity index (χ1v) is 8.44. The smallest absolute Gasteiger partial charge is 0.179 e. The van der Waals surface area contributed by atoms with Gasteiger partial charge >= 0.3 is 0 Å². The van der Waals surface area contributed by atoms with Gasteiger partial charge in [-0.15, -0.1) is 0 Å². The van der Waals surface area contributed by atoms with Gasteiger partial charge in [-0.1, -0.05) is 23.7 Å². The van der Waals surface area contributed by atoms with Crippen LogP contribution < -0.4 is 19.5 Å². The van der Waals surface area contributed by atoms with Gasteiger partial charge in [0.05, 0.1) is 11.6 Å². The Bertz CT molecular complexity index is 661. The number of benzene rings is 2. The number of halogens is 1. The molecule has 1 N–H and O–H groups in total. The van der Waals surface area contributed by atoms with E-state index in [0.29, 0.717) is 36.3 Å². The molecule has 2 aromatic rings. The number of nitrogens with one attached hydrogen (secondary N) is 1. The zero-order valence-electron chi connectivity index (χ0n) is 14.4. The second kappa shape index (κ2) is 9.40. The SMILES string of the molecule is CCOc1cc(CNC)cc(Cl)c1OCCOc1cccc(C)c1. The predicted molar refractivity (Wildman–Crippen MR) is 97.6 cm³/mol. The fourth-order valence-electron chi connectivity index (χ4n) is 2.34. The number of aryl methyl sites for hydroxylation is 1. The van der Waals surface area contributed by atoms with Crippen LogP contribution in [0.25, 0.3) is 0 Å². The predicted octanol–water partition coefficient (Wildman–Crippen LogP) is 4.22. The van der Waals surface area contributed by atoms with Crippen LogP contribution in [0.5, 0.6) is 17.2 Å². The Kier molecular flexibility index (Phi) is 7.22. The lowest BCUT2D eigenvalue weighted by Gasteiger charge is -2.15. The molecule has 130 valence electrons. The number of hydrogen-bond donors (Lipinski definition) is 1. The third-order valence-corrected chi connectivity index (χ3v) is 3.62. The largest absolute Gasteiger partial charge is 0.490 e. The fraction of sp³-hybridized carbons (Fsp3) is 0.368. The first kappa shape index (κ1) is 18.4. The molecular formula is C19H24ClNO3. The first-order valence-electron chi connectivity index (χ1n) is 8.06. The van der Waals surface area contributed by atoms with E-state index >= 15 is 0 Å². The van der Waals surface area contributed by atoms with E-state index < -0.39 is 0 Å². The van der Waals surface area contributed by atoms with E-state index in [-0.39, 0.29) is 0 Å². The molecule has 0 heterocycles. The Hall–Kier alpha value is -1.91. The number of rotatable bonds is 9. The molecule has 2 aromatic carbocycles. The summed E-state index contributed by atoms with van der Waals surface area (Å²) in [4.78, 5) is 0. The van der Waals surface area contributed by atoms with Crippen molar-refractivity contribution in [2.24, 2.45) is 0 Å². The molecule has 0 amide bonds. The maximum absolute atomic E-state index is 6.35. The van der Waals surface area contributed by atoms with Crippen molar-refractivity contribution in [3.8, 4) is 17.2 Å². The van der Waals surface area contributed by atoms with Gasteiger partial charge in [0, 0.05) is 6.54 Å². The summed E-state index contributed by atoms with van der Waals surface area (Å²) < 4.78 is 17.2. The van der Waals surface area contributed by atoms with Crippen molar-refractivity contribution in [2.45, 2.75) is 20.4 Å². The fourth-order valence-corrected chi connectivity index (χ4v) is 2.63. The van der Waals surface area contributed by atoms with Crippen molar-refractivity contribution in [1.82, 2.24) is 5.32 Å². The number of ether oxygens (including phenoxy) is 3. The molecule has 0 aliphatic heterocycles. The molecule has 0 unspecified atom stereocenters. The van der Waals surface area contributed by atoms with Crippen molar-refractivity contribution < 1.29 is 14.2 Å². The Morgan fingerprint density at radius 3 is 2.54 bits per heavy atom. The van der Waals surface area contributed by atoms with Crippen molar-refractivity contribution in [3.05, 3.63) is 52.5 Å². The van der Waals surface area contributed by atoms with Gasteiger partial charge in [0.1, 0.15) is 19.0 Å². The maximum atomic E-state index is 6.35. The van der Waals surface area contributed by atoms with Crippen LogP contribution in [0.2, 0.25) is 5.02 Å². The quantitative estimate of drug-likeness (QED) is 0.688. The van der Waals surface area contributed by atoms with Gasteiger partial charge in [0.2, 0.25) is 0 Å². The zero-order valence-corrected chi connectivity index (χ0v) is 15.2. The van der Waals surface area contributed by atoms with Crippen LogP contribution in [0, 0.1) is 6.92 Å². The lowest BCUT2D eigenvalue weighted by atomic mass is 10.2. The van der Waals surface area contributed by atoms with Crippen LogP contribution in [0.15, 0.2) is 36.4 Å². The van der Waals surface area contributed by atoms with Crippen molar-refractivity contribution in [3.63, 3.8) is 0 Å². The van der Waals surface area contributed by atoms with Gasteiger partial charge < -0.3 is 19.5 Å². The minimum Gasteiger partial charge on any atom is -0.490 e. The summed E-state index contributed by atoms with van der Waals surface area (Å²) >= 11 is 6.35. The van der Waals surface area contributed by atoms with Gasteiger partial charge in [-0.2, -0.15) is 0 Å². The van der Waals surface area contributed by atoms with Gasteiger partial charge in [-0.05, 0) is 56.3 Å². The molecule has 0 saturated heterocycles. The van der Waals surface area contributed by atoms with Gasteiger partial charge in [0.15, 0.2) is 11.5 Å². The van der Waals surface area contributed by atoms with Crippen LogP contribution >= 0.6 is 11.6 Å². The molecule has 0 saturated carbocycles. The summed E-state index contributed by atoms with van der Waals surface area (Å²) in [6.45, 7) is 6.06. The van der Waals surface area contributed by atoms with Crippen LogP contribution in [0.3, 0.4) is 0 Å². The highest BCUT2D eigenvalue weighted by Gasteiger charge is 2.12. The monoisotopic (exact) mass is 349 g/mol. The molecule has 0 bridgehead atoms. The lowest BCUT2D eigenvalue weighted by Crippen LogP contribution is -2.11. The zero-order chi connectivity index (χ0) is 17.4. The van der Waals surface area contributed by atoms with Gasteiger partial charge in [-0.3, -0.25) is 0 Å². The normalized spacial score (nSPS) is 10.5.